The van der Waals surface area contributed by atoms with Gasteiger partial charge in [-0.05, 0) is 34.1 Å². The van der Waals surface area contributed by atoms with Gasteiger partial charge in [-0.3, -0.25) is 9.59 Å². The number of Topliss-reactive ketones (excluding diaryl/α,β-unsaturated/α-hetero) is 1. The number of aliphatic hydroxyl groups excluding tert-OH is 1. The van der Waals surface area contributed by atoms with E-state index < -0.39 is 30.6 Å². The summed E-state index contributed by atoms with van der Waals surface area (Å²) in [5, 5.41) is 9.56. The Balaban J connectivity index is 4.12. The summed E-state index contributed by atoms with van der Waals surface area (Å²) >= 11 is 0. The van der Waals surface area contributed by atoms with Crippen LogP contribution in [0.1, 0.15) is 33.6 Å². The van der Waals surface area contributed by atoms with Gasteiger partial charge >= 0.3 is 5.97 Å². The molecular formula is C12H23O5P. The van der Waals surface area contributed by atoms with E-state index in [4.69, 9.17) is 4.74 Å². The van der Waals surface area contributed by atoms with Crippen LogP contribution in [0.25, 0.3) is 0 Å². The zero-order chi connectivity index (χ0) is 14.6. The fourth-order valence-corrected chi connectivity index (χ4v) is 2.59. The van der Waals surface area contributed by atoms with E-state index in [2.05, 4.69) is 0 Å². The van der Waals surface area contributed by atoms with Gasteiger partial charge in [0.2, 0.25) is 0 Å². The maximum Gasteiger partial charge on any atom is 0.313 e. The number of hydrogen-bond donors (Lipinski definition) is 1. The van der Waals surface area contributed by atoms with E-state index >= 15 is 0 Å². The Hall–Kier alpha value is -0.670. The predicted octanol–water partition coefficient (Wildman–Crippen LogP) is 1.66. The van der Waals surface area contributed by atoms with E-state index in [-0.39, 0.29) is 19.0 Å². The number of aliphatic hydroxyl groups is 1. The predicted molar refractivity (Wildman–Crippen MR) is 70.4 cm³/mol. The molecule has 1 atom stereocenters. The molecule has 0 radical (unpaired) electrons. The molecule has 0 aliphatic heterocycles. The average Bonchev–Trinajstić information content (AvgIpc) is 1.92. The molecule has 18 heavy (non-hydrogen) atoms. The monoisotopic (exact) mass is 278 g/mol. The first kappa shape index (κ1) is 17.3. The van der Waals surface area contributed by atoms with E-state index in [1.807, 2.05) is 0 Å². The molecule has 106 valence electrons. The molecule has 0 amide bonds. The van der Waals surface area contributed by atoms with E-state index in [1.165, 1.54) is 0 Å². The van der Waals surface area contributed by atoms with Gasteiger partial charge in [0.15, 0.2) is 0 Å². The molecule has 1 N–H and O–H groups in total. The minimum atomic E-state index is -2.36. The van der Waals surface area contributed by atoms with Crippen LogP contribution in [0.5, 0.6) is 0 Å². The van der Waals surface area contributed by atoms with Crippen LogP contribution in [-0.2, 0) is 18.9 Å². The second-order valence-corrected chi connectivity index (χ2v) is 9.43. The van der Waals surface area contributed by atoms with Crippen LogP contribution in [0.4, 0.5) is 0 Å². The molecule has 0 aliphatic carbocycles. The normalized spacial score (nSPS) is 14.1. The fourth-order valence-electron chi connectivity index (χ4n) is 1.45. The first-order chi connectivity index (χ1) is 7.89. The second kappa shape index (κ2) is 6.48. The number of carbonyl (C=O) groups is 2. The van der Waals surface area contributed by atoms with Crippen molar-refractivity contribution >= 4 is 18.9 Å². The second-order valence-electron chi connectivity index (χ2n) is 5.92. The topological polar surface area (TPSA) is 80.7 Å². The summed E-state index contributed by atoms with van der Waals surface area (Å²) in [6, 6.07) is 0. The molecular weight excluding hydrogens is 255 g/mol. The first-order valence-corrected chi connectivity index (χ1v) is 8.63. The maximum atomic E-state index is 11.5. The summed E-state index contributed by atoms with van der Waals surface area (Å²) < 4.78 is 16.4. The van der Waals surface area contributed by atoms with Crippen molar-refractivity contribution in [3.8, 4) is 0 Å². The Labute approximate surface area is 108 Å². The van der Waals surface area contributed by atoms with Gasteiger partial charge in [-0.2, -0.15) is 0 Å². The maximum absolute atomic E-state index is 11.5. The lowest BCUT2D eigenvalue weighted by atomic mass is 10.1. The van der Waals surface area contributed by atoms with Gasteiger partial charge < -0.3 is 14.4 Å². The summed E-state index contributed by atoms with van der Waals surface area (Å²) in [5.41, 5.74) is -0.626. The van der Waals surface area contributed by atoms with Crippen LogP contribution < -0.4 is 0 Å². The minimum absolute atomic E-state index is 0.0903. The molecule has 6 heteroatoms. The van der Waals surface area contributed by atoms with Crippen LogP contribution >= 0.6 is 7.14 Å². The number of ketones is 1. The molecule has 0 aromatic heterocycles. The quantitative estimate of drug-likeness (QED) is 0.454. The van der Waals surface area contributed by atoms with Gasteiger partial charge in [0.1, 0.15) is 17.8 Å². The molecule has 1 unspecified atom stereocenters. The van der Waals surface area contributed by atoms with Crippen molar-refractivity contribution < 1.29 is 24.0 Å². The molecule has 0 bridgehead atoms. The van der Waals surface area contributed by atoms with E-state index in [0.717, 1.165) is 0 Å². The van der Waals surface area contributed by atoms with Crippen LogP contribution in [-0.4, -0.2) is 48.1 Å². The van der Waals surface area contributed by atoms with Crippen molar-refractivity contribution in [3.05, 3.63) is 0 Å². The molecule has 0 aromatic rings. The molecule has 0 saturated heterocycles. The van der Waals surface area contributed by atoms with Crippen molar-refractivity contribution in [2.24, 2.45) is 0 Å². The van der Waals surface area contributed by atoms with Gasteiger partial charge in [-0.15, -0.1) is 0 Å². The first-order valence-electron chi connectivity index (χ1n) is 5.85. The summed E-state index contributed by atoms with van der Waals surface area (Å²) in [6.07, 6.45) is -1.38. The zero-order valence-corrected chi connectivity index (χ0v) is 12.6. The largest absolute Gasteiger partial charge is 0.460 e. The number of carbonyl (C=O) groups excluding carboxylic acids is 2. The van der Waals surface area contributed by atoms with E-state index in [1.54, 1.807) is 34.1 Å². The van der Waals surface area contributed by atoms with Crippen LogP contribution in [0.3, 0.4) is 0 Å². The van der Waals surface area contributed by atoms with Crippen molar-refractivity contribution in [2.75, 3.05) is 19.5 Å². The number of esters is 1. The standard InChI is InChI=1S/C12H23O5P/c1-12(2,3)17-11(15)7-9(13)6-10(14)8-18(4,5)16/h10,14H,6-8H2,1-5H3. The highest BCUT2D eigenvalue weighted by atomic mass is 31.2. The summed E-state index contributed by atoms with van der Waals surface area (Å²) in [4.78, 5) is 22.8. The summed E-state index contributed by atoms with van der Waals surface area (Å²) in [5.74, 6) is -0.999. The van der Waals surface area contributed by atoms with E-state index in [9.17, 15) is 19.3 Å². The van der Waals surface area contributed by atoms with Crippen LogP contribution in [0.2, 0.25) is 0 Å². The Bertz CT molecular complexity index is 350. The van der Waals surface area contributed by atoms with Crippen molar-refractivity contribution in [1.82, 2.24) is 0 Å². The summed E-state index contributed by atoms with van der Waals surface area (Å²) in [7, 11) is -2.36. The number of ether oxygens (including phenoxy) is 1. The van der Waals surface area contributed by atoms with Gasteiger partial charge in [0.05, 0.1) is 13.2 Å². The summed E-state index contributed by atoms with van der Waals surface area (Å²) in [6.45, 7) is 8.25. The Morgan fingerprint density at radius 2 is 1.78 bits per heavy atom. The zero-order valence-electron chi connectivity index (χ0n) is 11.7. The number of rotatable bonds is 6. The van der Waals surface area contributed by atoms with Crippen LogP contribution in [0, 0.1) is 0 Å². The highest BCUT2D eigenvalue weighted by Crippen LogP contribution is 2.36. The third-order valence-corrected chi connectivity index (χ3v) is 3.18. The Kier molecular flexibility index (Phi) is 6.24. The van der Waals surface area contributed by atoms with Crippen molar-refractivity contribution in [3.63, 3.8) is 0 Å². The highest BCUT2D eigenvalue weighted by molar-refractivity contribution is 7.62. The molecule has 0 rings (SSSR count). The van der Waals surface area contributed by atoms with Gasteiger partial charge in [0, 0.05) is 12.6 Å². The Morgan fingerprint density at radius 1 is 1.28 bits per heavy atom. The van der Waals surface area contributed by atoms with Crippen LogP contribution in [0.15, 0.2) is 0 Å². The molecule has 0 aromatic carbocycles. The van der Waals surface area contributed by atoms with Crippen molar-refractivity contribution in [2.45, 2.75) is 45.3 Å². The minimum Gasteiger partial charge on any atom is -0.460 e. The molecule has 0 heterocycles. The SMILES string of the molecule is CC(C)(C)OC(=O)CC(=O)CC(O)CP(C)(C)=O. The molecule has 5 nitrogen and oxygen atoms in total. The smallest absolute Gasteiger partial charge is 0.313 e. The lowest BCUT2D eigenvalue weighted by Gasteiger charge is -2.19. The highest BCUT2D eigenvalue weighted by Gasteiger charge is 2.22. The third kappa shape index (κ3) is 10.5. The van der Waals surface area contributed by atoms with Gasteiger partial charge in [0.25, 0.3) is 0 Å². The lowest BCUT2D eigenvalue weighted by molar-refractivity contribution is -0.156. The molecule has 0 fully saturated rings. The molecule has 0 spiro atoms. The van der Waals surface area contributed by atoms with Gasteiger partial charge in [-0.25, -0.2) is 0 Å². The average molecular weight is 278 g/mol. The van der Waals surface area contributed by atoms with Crippen molar-refractivity contribution in [1.29, 1.82) is 0 Å². The molecule has 0 saturated carbocycles. The van der Waals surface area contributed by atoms with E-state index in [0.29, 0.717) is 0 Å². The molecule has 0 aliphatic rings. The fraction of sp³-hybridized carbons (Fsp3) is 0.833. The number of hydrogen-bond acceptors (Lipinski definition) is 5. The third-order valence-electron chi connectivity index (χ3n) is 1.88. The Morgan fingerprint density at radius 3 is 2.17 bits per heavy atom. The lowest BCUT2D eigenvalue weighted by Crippen LogP contribution is -2.26. The van der Waals surface area contributed by atoms with Gasteiger partial charge in [-0.1, -0.05) is 0 Å².